The van der Waals surface area contributed by atoms with Crippen molar-refractivity contribution in [3.63, 3.8) is 0 Å². The molecule has 7 nitrogen and oxygen atoms in total. The highest BCUT2D eigenvalue weighted by atomic mass is 16.4. The third-order valence-corrected chi connectivity index (χ3v) is 5.20. The van der Waals surface area contributed by atoms with Gasteiger partial charge in [-0.1, -0.05) is 18.2 Å². The SMILES string of the molecule is O=C(CCn1c(=O)oc2ccccc21)NC1CCN(Cc2ccccn2)CC1. The van der Waals surface area contributed by atoms with Crippen LogP contribution in [0.15, 0.2) is 57.9 Å². The van der Waals surface area contributed by atoms with Gasteiger partial charge in [0, 0.05) is 44.8 Å². The van der Waals surface area contributed by atoms with Gasteiger partial charge in [0.15, 0.2) is 5.58 Å². The minimum atomic E-state index is -0.420. The standard InChI is InChI=1S/C21H24N4O3/c26-20(10-14-25-18-6-1-2-7-19(18)28-21(25)27)23-16-8-12-24(13-9-16)15-17-5-3-4-11-22-17/h1-7,11,16H,8-10,12-15H2,(H,23,26). The number of fused-ring (bicyclic) bond motifs is 1. The van der Waals surface area contributed by atoms with Crippen molar-refractivity contribution >= 4 is 17.0 Å². The van der Waals surface area contributed by atoms with Crippen molar-refractivity contribution in [2.24, 2.45) is 0 Å². The van der Waals surface area contributed by atoms with Crippen molar-refractivity contribution in [2.75, 3.05) is 13.1 Å². The minimum Gasteiger partial charge on any atom is -0.408 e. The van der Waals surface area contributed by atoms with Crippen LogP contribution in [0.5, 0.6) is 0 Å². The van der Waals surface area contributed by atoms with Gasteiger partial charge in [-0.15, -0.1) is 0 Å². The van der Waals surface area contributed by atoms with Crippen LogP contribution < -0.4 is 11.1 Å². The zero-order valence-electron chi connectivity index (χ0n) is 15.7. The van der Waals surface area contributed by atoms with Crippen molar-refractivity contribution < 1.29 is 9.21 Å². The number of para-hydroxylation sites is 2. The molecule has 4 rings (SSSR count). The van der Waals surface area contributed by atoms with Crippen LogP contribution in [0.3, 0.4) is 0 Å². The van der Waals surface area contributed by atoms with E-state index in [1.165, 1.54) is 4.57 Å². The average molecular weight is 380 g/mol. The number of aromatic nitrogens is 2. The largest absolute Gasteiger partial charge is 0.419 e. The van der Waals surface area contributed by atoms with Gasteiger partial charge in [0.05, 0.1) is 11.2 Å². The zero-order valence-corrected chi connectivity index (χ0v) is 15.7. The predicted octanol–water partition coefficient (Wildman–Crippen LogP) is 2.16. The number of piperidine rings is 1. The van der Waals surface area contributed by atoms with Crippen LogP contribution in [-0.4, -0.2) is 39.5 Å². The lowest BCUT2D eigenvalue weighted by molar-refractivity contribution is -0.122. The Bertz CT molecular complexity index is 988. The molecule has 2 aromatic heterocycles. The van der Waals surface area contributed by atoms with Gasteiger partial charge in [0.1, 0.15) is 0 Å². The fourth-order valence-corrected chi connectivity index (χ4v) is 3.70. The number of nitrogens with zero attached hydrogens (tertiary/aromatic N) is 3. The topological polar surface area (TPSA) is 80.4 Å². The Morgan fingerprint density at radius 1 is 1.14 bits per heavy atom. The number of rotatable bonds is 6. The van der Waals surface area contributed by atoms with E-state index in [4.69, 9.17) is 4.42 Å². The summed E-state index contributed by atoms with van der Waals surface area (Å²) in [5.41, 5.74) is 2.35. The predicted molar refractivity (Wildman–Crippen MR) is 106 cm³/mol. The van der Waals surface area contributed by atoms with E-state index in [0.717, 1.165) is 43.7 Å². The van der Waals surface area contributed by atoms with Gasteiger partial charge < -0.3 is 9.73 Å². The molecule has 3 aromatic rings. The molecule has 1 N–H and O–H groups in total. The minimum absolute atomic E-state index is 0.0274. The number of likely N-dealkylation sites (tertiary alicyclic amines) is 1. The number of oxazole rings is 1. The Kier molecular flexibility index (Phi) is 5.53. The number of benzene rings is 1. The van der Waals surface area contributed by atoms with Gasteiger partial charge in [-0.25, -0.2) is 4.79 Å². The summed E-state index contributed by atoms with van der Waals surface area (Å²) in [7, 11) is 0. The Labute approximate surface area is 163 Å². The third-order valence-electron chi connectivity index (χ3n) is 5.20. The quantitative estimate of drug-likeness (QED) is 0.709. The van der Waals surface area contributed by atoms with Gasteiger partial charge in [-0.2, -0.15) is 0 Å². The molecule has 1 aliphatic heterocycles. The Morgan fingerprint density at radius 2 is 1.93 bits per heavy atom. The molecule has 1 saturated heterocycles. The van der Waals surface area contributed by atoms with Crippen LogP contribution in [0.4, 0.5) is 0 Å². The van der Waals surface area contributed by atoms with E-state index in [0.29, 0.717) is 12.1 Å². The molecule has 0 aliphatic carbocycles. The highest BCUT2D eigenvalue weighted by Crippen LogP contribution is 2.14. The van der Waals surface area contributed by atoms with Crippen molar-refractivity contribution in [3.8, 4) is 0 Å². The van der Waals surface area contributed by atoms with Gasteiger partial charge >= 0.3 is 5.76 Å². The van der Waals surface area contributed by atoms with E-state index in [2.05, 4.69) is 15.2 Å². The molecule has 0 atom stereocenters. The first-order valence-electron chi connectivity index (χ1n) is 9.69. The monoisotopic (exact) mass is 380 g/mol. The Balaban J connectivity index is 1.25. The summed E-state index contributed by atoms with van der Waals surface area (Å²) in [4.78, 5) is 31.1. The van der Waals surface area contributed by atoms with E-state index in [1.807, 2.05) is 42.6 Å². The first-order chi connectivity index (χ1) is 13.7. The van der Waals surface area contributed by atoms with Crippen LogP contribution in [0.25, 0.3) is 11.1 Å². The van der Waals surface area contributed by atoms with E-state index >= 15 is 0 Å². The molecule has 7 heteroatoms. The summed E-state index contributed by atoms with van der Waals surface area (Å²) in [5, 5.41) is 3.11. The molecule has 0 unspecified atom stereocenters. The molecular formula is C21H24N4O3. The molecule has 1 aromatic carbocycles. The molecule has 1 aliphatic rings. The van der Waals surface area contributed by atoms with Gasteiger partial charge in [-0.05, 0) is 37.1 Å². The molecule has 28 heavy (non-hydrogen) atoms. The fourth-order valence-electron chi connectivity index (χ4n) is 3.70. The molecule has 0 spiro atoms. The maximum atomic E-state index is 12.3. The van der Waals surface area contributed by atoms with E-state index in [9.17, 15) is 9.59 Å². The molecule has 0 radical (unpaired) electrons. The van der Waals surface area contributed by atoms with Crippen molar-refractivity contribution in [3.05, 3.63) is 64.9 Å². The van der Waals surface area contributed by atoms with E-state index in [-0.39, 0.29) is 18.4 Å². The number of carbonyl (C=O) groups excluding carboxylic acids is 1. The first kappa shape index (κ1) is 18.4. The second kappa shape index (κ2) is 8.39. The number of amides is 1. The highest BCUT2D eigenvalue weighted by Gasteiger charge is 2.21. The molecule has 0 bridgehead atoms. The number of pyridine rings is 1. The normalized spacial score (nSPS) is 15.7. The average Bonchev–Trinajstić information content (AvgIpc) is 3.04. The molecule has 1 fully saturated rings. The lowest BCUT2D eigenvalue weighted by atomic mass is 10.0. The molecule has 146 valence electrons. The van der Waals surface area contributed by atoms with Crippen LogP contribution in [0.1, 0.15) is 25.0 Å². The fraction of sp³-hybridized carbons (Fsp3) is 0.381. The van der Waals surface area contributed by atoms with Crippen molar-refractivity contribution in [2.45, 2.75) is 38.4 Å². The number of aryl methyl sites for hydroxylation is 1. The first-order valence-corrected chi connectivity index (χ1v) is 9.69. The summed E-state index contributed by atoms with van der Waals surface area (Å²) in [6.07, 6.45) is 3.93. The van der Waals surface area contributed by atoms with Crippen LogP contribution >= 0.6 is 0 Å². The Hall–Kier alpha value is -2.93. The lowest BCUT2D eigenvalue weighted by Gasteiger charge is -2.32. The summed E-state index contributed by atoms with van der Waals surface area (Å²) < 4.78 is 6.73. The zero-order chi connectivity index (χ0) is 19.3. The van der Waals surface area contributed by atoms with Crippen LogP contribution in [0, 0.1) is 0 Å². The Morgan fingerprint density at radius 3 is 2.71 bits per heavy atom. The highest BCUT2D eigenvalue weighted by molar-refractivity contribution is 5.77. The van der Waals surface area contributed by atoms with Crippen molar-refractivity contribution in [1.82, 2.24) is 19.8 Å². The smallest absolute Gasteiger partial charge is 0.408 e. The van der Waals surface area contributed by atoms with Gasteiger partial charge in [0.25, 0.3) is 0 Å². The molecule has 0 saturated carbocycles. The maximum Gasteiger partial charge on any atom is 0.419 e. The van der Waals surface area contributed by atoms with Gasteiger partial charge in [-0.3, -0.25) is 19.2 Å². The van der Waals surface area contributed by atoms with Gasteiger partial charge in [0.2, 0.25) is 5.91 Å². The second-order valence-corrected chi connectivity index (χ2v) is 7.18. The van der Waals surface area contributed by atoms with E-state index in [1.54, 1.807) is 6.07 Å². The van der Waals surface area contributed by atoms with Crippen LogP contribution in [-0.2, 0) is 17.9 Å². The summed E-state index contributed by atoms with van der Waals surface area (Å²) in [6, 6.07) is 13.4. The maximum absolute atomic E-state index is 12.3. The third kappa shape index (κ3) is 4.31. The van der Waals surface area contributed by atoms with Crippen LogP contribution in [0.2, 0.25) is 0 Å². The number of hydrogen-bond acceptors (Lipinski definition) is 5. The second-order valence-electron chi connectivity index (χ2n) is 7.18. The number of nitrogens with one attached hydrogen (secondary N) is 1. The number of hydrogen-bond donors (Lipinski definition) is 1. The molecule has 1 amide bonds. The number of carbonyl (C=O) groups is 1. The molecular weight excluding hydrogens is 356 g/mol. The molecule has 3 heterocycles. The summed E-state index contributed by atoms with van der Waals surface area (Å²) >= 11 is 0. The summed E-state index contributed by atoms with van der Waals surface area (Å²) in [5.74, 6) is -0.447. The summed E-state index contributed by atoms with van der Waals surface area (Å²) in [6.45, 7) is 3.04. The van der Waals surface area contributed by atoms with E-state index < -0.39 is 5.76 Å². The lowest BCUT2D eigenvalue weighted by Crippen LogP contribution is -2.44. The van der Waals surface area contributed by atoms with Crippen molar-refractivity contribution in [1.29, 1.82) is 0 Å².